The molecule has 7 nitrogen and oxygen atoms in total. The van der Waals surface area contributed by atoms with Gasteiger partial charge in [0.05, 0.1) is 30.1 Å². The SMILES string of the molecule is CC1(c2nc(N3CCOCC3)ncc2C(=O)N[C@H]2C3CC4CC2C[C@@](O)(C4)C3)CC1. The lowest BCUT2D eigenvalue weighted by Crippen LogP contribution is -2.61. The minimum absolute atomic E-state index is 0.0180. The van der Waals surface area contributed by atoms with Gasteiger partial charge in [-0.1, -0.05) is 6.92 Å². The van der Waals surface area contributed by atoms with Crippen molar-refractivity contribution in [3.8, 4) is 0 Å². The molecular formula is C23H32N4O3. The molecule has 1 saturated heterocycles. The van der Waals surface area contributed by atoms with Gasteiger partial charge in [-0.2, -0.15) is 0 Å². The fraction of sp³-hybridized carbons (Fsp3) is 0.783. The molecule has 1 aliphatic heterocycles. The molecule has 2 unspecified atom stereocenters. The molecule has 1 amide bonds. The van der Waals surface area contributed by atoms with E-state index in [9.17, 15) is 9.90 Å². The van der Waals surface area contributed by atoms with Gasteiger partial charge in [-0.15, -0.1) is 0 Å². The number of aromatic nitrogens is 2. The van der Waals surface area contributed by atoms with Gasteiger partial charge >= 0.3 is 0 Å². The van der Waals surface area contributed by atoms with E-state index in [4.69, 9.17) is 9.72 Å². The van der Waals surface area contributed by atoms with E-state index in [1.54, 1.807) is 6.20 Å². The summed E-state index contributed by atoms with van der Waals surface area (Å²) in [6.07, 6.45) is 8.79. The predicted octanol–water partition coefficient (Wildman–Crippen LogP) is 2.03. The molecule has 1 aromatic rings. The standard InChI is InChI=1S/C23H32N4O3/c1-22(2-3-22)19-17(13-24-21(26-19)27-4-6-30-7-5-27)20(28)25-18-15-8-14-9-16(18)12-23(29,10-14)11-15/h13-16,18,29H,2-12H2,1H3,(H,25,28)/t14?,15?,16?,18-,23+. The van der Waals surface area contributed by atoms with Gasteiger partial charge in [0.25, 0.3) is 5.91 Å². The van der Waals surface area contributed by atoms with Crippen LogP contribution in [0.4, 0.5) is 5.95 Å². The van der Waals surface area contributed by atoms with Crippen molar-refractivity contribution in [2.45, 2.75) is 68.9 Å². The number of carbonyl (C=O) groups excluding carboxylic acids is 1. The molecule has 0 aromatic carbocycles. The Bertz CT molecular complexity index is 848. The molecule has 2 atom stereocenters. The van der Waals surface area contributed by atoms with Gasteiger partial charge in [0, 0.05) is 30.7 Å². The lowest BCUT2D eigenvalue weighted by Gasteiger charge is -2.58. The van der Waals surface area contributed by atoms with Crippen molar-refractivity contribution in [1.29, 1.82) is 0 Å². The molecule has 7 rings (SSSR count). The van der Waals surface area contributed by atoms with Gasteiger partial charge in [0.15, 0.2) is 0 Å². The number of hydrogen-bond donors (Lipinski definition) is 2. The van der Waals surface area contributed by atoms with Crippen LogP contribution in [0.2, 0.25) is 0 Å². The highest BCUT2D eigenvalue weighted by Gasteiger charge is 2.55. The molecule has 2 heterocycles. The first kappa shape index (κ1) is 19.0. The first-order valence-corrected chi connectivity index (χ1v) is 11.7. The summed E-state index contributed by atoms with van der Waals surface area (Å²) in [6, 6.07) is 0.174. The maximum atomic E-state index is 13.4. The van der Waals surface area contributed by atoms with Crippen molar-refractivity contribution < 1.29 is 14.6 Å². The summed E-state index contributed by atoms with van der Waals surface area (Å²) in [7, 11) is 0. The summed E-state index contributed by atoms with van der Waals surface area (Å²) >= 11 is 0. The van der Waals surface area contributed by atoms with Crippen LogP contribution in [0.1, 0.15) is 67.9 Å². The Morgan fingerprint density at radius 1 is 1.20 bits per heavy atom. The molecule has 1 aromatic heterocycles. The third kappa shape index (κ3) is 3.12. The Labute approximate surface area is 177 Å². The van der Waals surface area contributed by atoms with Gasteiger partial charge in [-0.3, -0.25) is 4.79 Å². The fourth-order valence-electron chi connectivity index (χ4n) is 6.78. The number of ether oxygens (including phenoxy) is 1. The molecule has 5 saturated carbocycles. The number of rotatable bonds is 4. The van der Waals surface area contributed by atoms with E-state index < -0.39 is 5.60 Å². The molecule has 4 bridgehead atoms. The third-order valence-corrected chi connectivity index (χ3v) is 8.42. The number of morpholine rings is 1. The van der Waals surface area contributed by atoms with Gasteiger partial charge in [0.2, 0.25) is 5.95 Å². The van der Waals surface area contributed by atoms with E-state index in [-0.39, 0.29) is 17.4 Å². The maximum Gasteiger partial charge on any atom is 0.254 e. The lowest BCUT2D eigenvalue weighted by atomic mass is 9.52. The second-order valence-electron chi connectivity index (χ2n) is 10.8. The Morgan fingerprint density at radius 3 is 2.53 bits per heavy atom. The molecule has 6 aliphatic rings. The van der Waals surface area contributed by atoms with Crippen LogP contribution in [0.15, 0.2) is 6.20 Å². The molecule has 0 spiro atoms. The zero-order chi connectivity index (χ0) is 20.5. The summed E-state index contributed by atoms with van der Waals surface area (Å²) in [6.45, 7) is 5.16. The van der Waals surface area contributed by atoms with E-state index in [0.717, 1.165) is 69.7 Å². The van der Waals surface area contributed by atoms with E-state index in [0.29, 0.717) is 36.5 Å². The monoisotopic (exact) mass is 412 g/mol. The Kier molecular flexibility index (Phi) is 4.20. The minimum Gasteiger partial charge on any atom is -0.390 e. The van der Waals surface area contributed by atoms with E-state index in [1.165, 1.54) is 0 Å². The second-order valence-corrected chi connectivity index (χ2v) is 10.8. The molecule has 6 fully saturated rings. The molecule has 7 heteroatoms. The third-order valence-electron chi connectivity index (χ3n) is 8.42. The van der Waals surface area contributed by atoms with E-state index >= 15 is 0 Å². The first-order chi connectivity index (χ1) is 14.4. The minimum atomic E-state index is -0.479. The number of nitrogens with zero attached hydrogens (tertiary/aromatic N) is 3. The van der Waals surface area contributed by atoms with Crippen LogP contribution in [0.3, 0.4) is 0 Å². The number of anilines is 1. The Hall–Kier alpha value is -1.73. The average Bonchev–Trinajstić information content (AvgIpc) is 3.48. The molecule has 30 heavy (non-hydrogen) atoms. The van der Waals surface area contributed by atoms with Crippen molar-refractivity contribution >= 4 is 11.9 Å². The van der Waals surface area contributed by atoms with Gasteiger partial charge in [0.1, 0.15) is 0 Å². The summed E-state index contributed by atoms with van der Waals surface area (Å²) < 4.78 is 5.45. The molecular weight excluding hydrogens is 380 g/mol. The van der Waals surface area contributed by atoms with Crippen LogP contribution >= 0.6 is 0 Å². The smallest absolute Gasteiger partial charge is 0.254 e. The highest BCUT2D eigenvalue weighted by molar-refractivity contribution is 5.96. The highest BCUT2D eigenvalue weighted by Crippen LogP contribution is 2.55. The molecule has 0 radical (unpaired) electrons. The van der Waals surface area contributed by atoms with Gasteiger partial charge in [-0.25, -0.2) is 9.97 Å². The lowest BCUT2D eigenvalue weighted by molar-refractivity contribution is -0.136. The topological polar surface area (TPSA) is 87.6 Å². The molecule has 2 N–H and O–H groups in total. The van der Waals surface area contributed by atoms with Crippen LogP contribution < -0.4 is 10.2 Å². The van der Waals surface area contributed by atoms with Crippen LogP contribution in [-0.4, -0.2) is 58.9 Å². The van der Waals surface area contributed by atoms with Crippen molar-refractivity contribution in [1.82, 2.24) is 15.3 Å². The predicted molar refractivity (Wildman–Crippen MR) is 111 cm³/mol. The van der Waals surface area contributed by atoms with Crippen molar-refractivity contribution in [3.05, 3.63) is 17.5 Å². The summed E-state index contributed by atoms with van der Waals surface area (Å²) in [4.78, 5) is 25.0. The number of amides is 1. The summed E-state index contributed by atoms with van der Waals surface area (Å²) in [5, 5.41) is 14.2. The zero-order valence-corrected chi connectivity index (χ0v) is 17.8. The molecule has 5 aliphatic carbocycles. The second kappa shape index (κ2) is 6.63. The van der Waals surface area contributed by atoms with Crippen LogP contribution in [0.25, 0.3) is 0 Å². The number of carbonyl (C=O) groups is 1. The number of hydrogen-bond acceptors (Lipinski definition) is 6. The van der Waals surface area contributed by atoms with Crippen molar-refractivity contribution in [2.75, 3.05) is 31.2 Å². The zero-order valence-electron chi connectivity index (χ0n) is 17.8. The number of nitrogens with one attached hydrogen (secondary N) is 1. The van der Waals surface area contributed by atoms with Crippen LogP contribution in [0.5, 0.6) is 0 Å². The highest BCUT2D eigenvalue weighted by atomic mass is 16.5. The normalized spacial score (nSPS) is 38.5. The van der Waals surface area contributed by atoms with E-state index in [2.05, 4.69) is 22.1 Å². The van der Waals surface area contributed by atoms with Crippen LogP contribution in [-0.2, 0) is 10.2 Å². The quantitative estimate of drug-likeness (QED) is 0.787. The van der Waals surface area contributed by atoms with Crippen molar-refractivity contribution in [2.24, 2.45) is 17.8 Å². The molecule has 162 valence electrons. The summed E-state index contributed by atoms with van der Waals surface area (Å²) in [5.74, 6) is 2.13. The van der Waals surface area contributed by atoms with Gasteiger partial charge < -0.3 is 20.1 Å². The number of aliphatic hydroxyl groups is 1. The Balaban J connectivity index is 1.25. The van der Waals surface area contributed by atoms with E-state index in [1.807, 2.05) is 0 Å². The average molecular weight is 413 g/mol. The summed E-state index contributed by atoms with van der Waals surface area (Å²) in [5.41, 5.74) is 1.04. The first-order valence-electron chi connectivity index (χ1n) is 11.7. The van der Waals surface area contributed by atoms with Crippen molar-refractivity contribution in [3.63, 3.8) is 0 Å². The fourth-order valence-corrected chi connectivity index (χ4v) is 6.78. The van der Waals surface area contributed by atoms with Crippen LogP contribution in [0, 0.1) is 17.8 Å². The Morgan fingerprint density at radius 2 is 1.90 bits per heavy atom. The largest absolute Gasteiger partial charge is 0.390 e. The maximum absolute atomic E-state index is 13.4. The van der Waals surface area contributed by atoms with Gasteiger partial charge in [-0.05, 0) is 62.7 Å².